The largest absolute Gasteiger partial charge is 0.494 e. The molecule has 7 heteroatoms. The molecule has 1 unspecified atom stereocenters. The molecule has 2 N–H and O–H groups in total. The average molecular weight is 370 g/mol. The predicted molar refractivity (Wildman–Crippen MR) is 100 cm³/mol. The van der Waals surface area contributed by atoms with E-state index >= 15 is 0 Å². The second-order valence-electron chi connectivity index (χ2n) is 6.33. The van der Waals surface area contributed by atoms with Gasteiger partial charge in [0, 0.05) is 19.2 Å². The fourth-order valence-electron chi connectivity index (χ4n) is 3.02. The number of methoxy groups -OCH3 is 1. The Morgan fingerprint density at radius 2 is 1.93 bits per heavy atom. The Balaban J connectivity index is 1.69. The van der Waals surface area contributed by atoms with Crippen molar-refractivity contribution in [2.45, 2.75) is 12.8 Å². The van der Waals surface area contributed by atoms with Gasteiger partial charge in [0.1, 0.15) is 17.2 Å². The first-order valence-corrected chi connectivity index (χ1v) is 8.76. The Bertz CT molecular complexity index is 809. The first-order chi connectivity index (χ1) is 13.1. The molecule has 1 heterocycles. The first kappa shape index (κ1) is 18.6. The Labute approximate surface area is 157 Å². The highest BCUT2D eigenvalue weighted by Gasteiger charge is 2.28. The van der Waals surface area contributed by atoms with Crippen molar-refractivity contribution in [3.63, 3.8) is 0 Å². The van der Waals surface area contributed by atoms with E-state index in [9.17, 15) is 9.59 Å². The van der Waals surface area contributed by atoms with Gasteiger partial charge in [0.15, 0.2) is 0 Å². The number of nitrogens with zero attached hydrogens (tertiary/aromatic N) is 1. The number of amides is 2. The van der Waals surface area contributed by atoms with E-state index in [1.165, 1.54) is 12.0 Å². The molecule has 2 aromatic carbocycles. The minimum Gasteiger partial charge on any atom is -0.494 e. The van der Waals surface area contributed by atoms with Gasteiger partial charge in [-0.1, -0.05) is 18.2 Å². The molecule has 1 saturated heterocycles. The maximum absolute atomic E-state index is 12.5. The molecule has 0 radical (unpaired) electrons. The van der Waals surface area contributed by atoms with Crippen LogP contribution in [-0.4, -0.2) is 42.2 Å². The van der Waals surface area contributed by atoms with Gasteiger partial charge in [-0.3, -0.25) is 4.79 Å². The van der Waals surface area contributed by atoms with E-state index in [2.05, 4.69) is 5.32 Å². The number of nitrogens with one attached hydrogen (secondary N) is 1. The number of carboxylic acid groups (broad SMARTS) is 1. The molecule has 142 valence electrons. The lowest BCUT2D eigenvalue weighted by Crippen LogP contribution is -2.44. The number of anilines is 1. The summed E-state index contributed by atoms with van der Waals surface area (Å²) >= 11 is 0. The van der Waals surface area contributed by atoms with Crippen molar-refractivity contribution in [3.05, 3.63) is 48.5 Å². The first-order valence-electron chi connectivity index (χ1n) is 8.76. The van der Waals surface area contributed by atoms with Crippen LogP contribution < -0.4 is 14.8 Å². The van der Waals surface area contributed by atoms with E-state index in [0.29, 0.717) is 42.3 Å². The van der Waals surface area contributed by atoms with Crippen LogP contribution in [0.3, 0.4) is 0 Å². The third-order valence-electron chi connectivity index (χ3n) is 4.45. The summed E-state index contributed by atoms with van der Waals surface area (Å²) in [6.07, 6.45) is 1.26. The van der Waals surface area contributed by atoms with Gasteiger partial charge < -0.3 is 24.8 Å². The minimum atomic E-state index is -0.868. The lowest BCUT2D eigenvalue weighted by Gasteiger charge is -2.30. The van der Waals surface area contributed by atoms with Crippen LogP contribution in [0.25, 0.3) is 0 Å². The van der Waals surface area contributed by atoms with Crippen LogP contribution in [0.5, 0.6) is 17.2 Å². The molecule has 0 saturated carbocycles. The summed E-state index contributed by atoms with van der Waals surface area (Å²) in [5.74, 6) is 0.355. The van der Waals surface area contributed by atoms with Crippen molar-refractivity contribution in [2.24, 2.45) is 5.92 Å². The second-order valence-corrected chi connectivity index (χ2v) is 6.33. The lowest BCUT2D eigenvalue weighted by atomic mass is 9.99. The van der Waals surface area contributed by atoms with Gasteiger partial charge in [0.2, 0.25) is 0 Å². The van der Waals surface area contributed by atoms with Crippen LogP contribution in [0.2, 0.25) is 0 Å². The summed E-state index contributed by atoms with van der Waals surface area (Å²) in [6.45, 7) is 0.742. The number of piperidine rings is 1. The Kier molecular flexibility index (Phi) is 5.80. The van der Waals surface area contributed by atoms with Gasteiger partial charge in [-0.05, 0) is 37.1 Å². The zero-order valence-corrected chi connectivity index (χ0v) is 15.1. The van der Waals surface area contributed by atoms with Gasteiger partial charge in [0.25, 0.3) is 0 Å². The number of hydrogen-bond acceptors (Lipinski definition) is 4. The summed E-state index contributed by atoms with van der Waals surface area (Å²) in [7, 11) is 1.51. The molecule has 0 bridgehead atoms. The average Bonchev–Trinajstić information content (AvgIpc) is 2.70. The quantitative estimate of drug-likeness (QED) is 0.835. The molecule has 0 aliphatic carbocycles. The van der Waals surface area contributed by atoms with Crippen molar-refractivity contribution in [1.82, 2.24) is 4.90 Å². The van der Waals surface area contributed by atoms with Gasteiger partial charge >= 0.3 is 12.0 Å². The molecule has 0 aromatic heterocycles. The molecule has 0 spiro atoms. The lowest BCUT2D eigenvalue weighted by molar-refractivity contribution is -0.143. The van der Waals surface area contributed by atoms with E-state index in [-0.39, 0.29) is 12.6 Å². The van der Waals surface area contributed by atoms with Crippen LogP contribution >= 0.6 is 0 Å². The maximum Gasteiger partial charge on any atom is 0.321 e. The van der Waals surface area contributed by atoms with E-state index in [4.69, 9.17) is 14.6 Å². The number of aliphatic carboxylic acids is 1. The number of carbonyl (C=O) groups excluding carboxylic acids is 1. The molecule has 1 aliphatic heterocycles. The highest BCUT2D eigenvalue weighted by molar-refractivity contribution is 5.91. The Morgan fingerprint density at radius 3 is 2.63 bits per heavy atom. The summed E-state index contributed by atoms with van der Waals surface area (Å²) < 4.78 is 11.1. The summed E-state index contributed by atoms with van der Waals surface area (Å²) in [5.41, 5.74) is 0.500. The van der Waals surface area contributed by atoms with Crippen LogP contribution in [0.1, 0.15) is 12.8 Å². The second kappa shape index (κ2) is 8.44. The van der Waals surface area contributed by atoms with Gasteiger partial charge in [-0.15, -0.1) is 0 Å². The minimum absolute atomic E-state index is 0.207. The van der Waals surface area contributed by atoms with E-state index in [1.807, 2.05) is 30.3 Å². The molecule has 1 fully saturated rings. The third kappa shape index (κ3) is 4.69. The molecule has 2 amide bonds. The number of benzene rings is 2. The van der Waals surface area contributed by atoms with Crippen molar-refractivity contribution < 1.29 is 24.2 Å². The van der Waals surface area contributed by atoms with Crippen molar-refractivity contribution >= 4 is 17.7 Å². The predicted octanol–water partition coefficient (Wildman–Crippen LogP) is 3.82. The van der Waals surface area contributed by atoms with Crippen LogP contribution in [0.4, 0.5) is 10.5 Å². The molecular formula is C20H22N2O5. The Morgan fingerprint density at radius 1 is 1.15 bits per heavy atom. The number of carboxylic acids is 1. The highest BCUT2D eigenvalue weighted by atomic mass is 16.5. The molecular weight excluding hydrogens is 348 g/mol. The molecule has 1 atom stereocenters. The smallest absolute Gasteiger partial charge is 0.321 e. The van der Waals surface area contributed by atoms with E-state index in [1.54, 1.807) is 18.2 Å². The van der Waals surface area contributed by atoms with Gasteiger partial charge in [-0.2, -0.15) is 0 Å². The number of carbonyl (C=O) groups is 2. The fourth-order valence-corrected chi connectivity index (χ4v) is 3.02. The van der Waals surface area contributed by atoms with Crippen LogP contribution in [0, 0.1) is 5.92 Å². The molecule has 7 nitrogen and oxygen atoms in total. The zero-order chi connectivity index (χ0) is 19.2. The number of para-hydroxylation sites is 1. The number of likely N-dealkylation sites (tertiary alicyclic amines) is 1. The standard InChI is InChI=1S/C20H22N2O5/c1-26-18-12-16(27-15-7-3-2-4-8-15)9-10-17(18)21-20(25)22-11-5-6-14(13-22)19(23)24/h2-4,7-10,12,14H,5-6,11,13H2,1H3,(H,21,25)(H,23,24). The van der Waals surface area contributed by atoms with Crippen LogP contribution in [-0.2, 0) is 4.79 Å². The molecule has 27 heavy (non-hydrogen) atoms. The summed E-state index contributed by atoms with van der Waals surface area (Å²) in [6, 6.07) is 14.1. The number of rotatable bonds is 5. The van der Waals surface area contributed by atoms with Crippen molar-refractivity contribution in [1.29, 1.82) is 0 Å². The zero-order valence-electron chi connectivity index (χ0n) is 15.1. The maximum atomic E-state index is 12.5. The van der Waals surface area contributed by atoms with Crippen molar-refractivity contribution in [2.75, 3.05) is 25.5 Å². The monoisotopic (exact) mass is 370 g/mol. The van der Waals surface area contributed by atoms with E-state index in [0.717, 1.165) is 0 Å². The molecule has 3 rings (SSSR count). The summed E-state index contributed by atoms with van der Waals surface area (Å²) in [5, 5.41) is 12.0. The van der Waals surface area contributed by atoms with Gasteiger partial charge in [0.05, 0.1) is 18.7 Å². The van der Waals surface area contributed by atoms with E-state index < -0.39 is 11.9 Å². The van der Waals surface area contributed by atoms with Crippen molar-refractivity contribution in [3.8, 4) is 17.2 Å². The topological polar surface area (TPSA) is 88.1 Å². The SMILES string of the molecule is COc1cc(Oc2ccccc2)ccc1NC(=O)N1CCCC(C(=O)O)C1. The highest BCUT2D eigenvalue weighted by Crippen LogP contribution is 2.32. The fraction of sp³-hybridized carbons (Fsp3) is 0.300. The number of urea groups is 1. The molecule has 1 aliphatic rings. The number of hydrogen-bond donors (Lipinski definition) is 2. The number of ether oxygens (including phenoxy) is 2. The normalized spacial score (nSPS) is 16.5. The third-order valence-corrected chi connectivity index (χ3v) is 4.45. The molecule has 2 aromatic rings. The summed E-state index contributed by atoms with van der Waals surface area (Å²) in [4.78, 5) is 25.2. The van der Waals surface area contributed by atoms with Crippen LogP contribution in [0.15, 0.2) is 48.5 Å². The Hall–Kier alpha value is -3.22. The van der Waals surface area contributed by atoms with Gasteiger partial charge in [-0.25, -0.2) is 4.79 Å².